The molecule has 146 valence electrons. The van der Waals surface area contributed by atoms with E-state index in [0.29, 0.717) is 6.61 Å². The first-order valence-corrected chi connectivity index (χ1v) is 9.80. The SMILES string of the molecule is C=CC/C(=C\C(=O)OCC)CC/C=C(\C)CC/C=C(\C)CCC=C(C)C. The summed E-state index contributed by atoms with van der Waals surface area (Å²) < 4.78 is 4.99. The lowest BCUT2D eigenvalue weighted by Gasteiger charge is -2.05. The summed E-state index contributed by atoms with van der Waals surface area (Å²) in [5, 5.41) is 0. The number of allylic oxidation sites excluding steroid dienone is 8. The minimum absolute atomic E-state index is 0.251. The molecular weight excluding hydrogens is 320 g/mol. The molecule has 0 aliphatic heterocycles. The summed E-state index contributed by atoms with van der Waals surface area (Å²) in [6.45, 7) is 14.7. The molecule has 0 rings (SSSR count). The van der Waals surface area contributed by atoms with Crippen molar-refractivity contribution in [2.75, 3.05) is 6.61 Å². The highest BCUT2D eigenvalue weighted by molar-refractivity contribution is 5.82. The average molecular weight is 359 g/mol. The van der Waals surface area contributed by atoms with Crippen LogP contribution in [0.15, 0.2) is 59.3 Å². The molecule has 0 aromatic carbocycles. The zero-order chi connectivity index (χ0) is 19.8. The molecule has 0 atom stereocenters. The third-order valence-electron chi connectivity index (χ3n) is 4.10. The van der Waals surface area contributed by atoms with Gasteiger partial charge in [0.1, 0.15) is 0 Å². The van der Waals surface area contributed by atoms with Gasteiger partial charge >= 0.3 is 5.97 Å². The number of hydrogen-bond donors (Lipinski definition) is 0. The van der Waals surface area contributed by atoms with E-state index in [9.17, 15) is 4.79 Å². The molecule has 0 aromatic rings. The lowest BCUT2D eigenvalue weighted by molar-refractivity contribution is -0.137. The van der Waals surface area contributed by atoms with Gasteiger partial charge in [-0.1, -0.05) is 46.6 Å². The van der Waals surface area contributed by atoms with Crippen molar-refractivity contribution in [3.63, 3.8) is 0 Å². The number of carbonyl (C=O) groups excluding carboxylic acids is 1. The largest absolute Gasteiger partial charge is 0.463 e. The predicted octanol–water partition coefficient (Wildman–Crippen LogP) is 7.25. The van der Waals surface area contributed by atoms with Crippen LogP contribution in [-0.2, 0) is 9.53 Å². The highest BCUT2D eigenvalue weighted by Crippen LogP contribution is 2.15. The monoisotopic (exact) mass is 358 g/mol. The molecule has 0 radical (unpaired) electrons. The van der Waals surface area contributed by atoms with Gasteiger partial charge in [-0.3, -0.25) is 0 Å². The summed E-state index contributed by atoms with van der Waals surface area (Å²) >= 11 is 0. The molecule has 0 saturated heterocycles. The third kappa shape index (κ3) is 14.5. The first kappa shape index (κ1) is 24.2. The summed E-state index contributed by atoms with van der Waals surface area (Å²) in [7, 11) is 0. The number of hydrogen-bond acceptors (Lipinski definition) is 2. The molecule has 26 heavy (non-hydrogen) atoms. The molecular formula is C24H38O2. The van der Waals surface area contributed by atoms with Gasteiger partial charge in [0.25, 0.3) is 0 Å². The minimum Gasteiger partial charge on any atom is -0.463 e. The number of ether oxygens (including phenoxy) is 1. The van der Waals surface area contributed by atoms with Crippen molar-refractivity contribution in [2.45, 2.75) is 79.6 Å². The second-order valence-corrected chi connectivity index (χ2v) is 7.05. The molecule has 0 bridgehead atoms. The van der Waals surface area contributed by atoms with Gasteiger partial charge in [0.15, 0.2) is 0 Å². The molecule has 0 heterocycles. The van der Waals surface area contributed by atoms with E-state index in [4.69, 9.17) is 4.74 Å². The van der Waals surface area contributed by atoms with Crippen molar-refractivity contribution >= 4 is 5.97 Å². The van der Waals surface area contributed by atoms with E-state index in [2.05, 4.69) is 52.5 Å². The molecule has 0 aliphatic rings. The topological polar surface area (TPSA) is 26.3 Å². The Balaban J connectivity index is 4.31. The smallest absolute Gasteiger partial charge is 0.330 e. The normalized spacial score (nSPS) is 12.7. The number of esters is 1. The van der Waals surface area contributed by atoms with Crippen molar-refractivity contribution in [3.8, 4) is 0 Å². The van der Waals surface area contributed by atoms with Crippen molar-refractivity contribution < 1.29 is 9.53 Å². The number of carbonyl (C=O) groups is 1. The average Bonchev–Trinajstić information content (AvgIpc) is 2.54. The fourth-order valence-corrected chi connectivity index (χ4v) is 2.61. The van der Waals surface area contributed by atoms with Gasteiger partial charge in [0.2, 0.25) is 0 Å². The summed E-state index contributed by atoms with van der Waals surface area (Å²) in [6.07, 6.45) is 17.4. The number of rotatable bonds is 13. The van der Waals surface area contributed by atoms with E-state index in [0.717, 1.165) is 50.5 Å². The van der Waals surface area contributed by atoms with Gasteiger partial charge < -0.3 is 4.74 Å². The van der Waals surface area contributed by atoms with Gasteiger partial charge in [-0.05, 0) is 79.6 Å². The Labute approximate surface area is 161 Å². The van der Waals surface area contributed by atoms with E-state index < -0.39 is 0 Å². The highest BCUT2D eigenvalue weighted by Gasteiger charge is 2.01. The molecule has 0 saturated carbocycles. The van der Waals surface area contributed by atoms with Crippen LogP contribution in [0.1, 0.15) is 79.6 Å². The van der Waals surface area contributed by atoms with Crippen molar-refractivity contribution in [2.24, 2.45) is 0 Å². The molecule has 0 fully saturated rings. The van der Waals surface area contributed by atoms with E-state index in [-0.39, 0.29) is 5.97 Å². The molecule has 0 aliphatic carbocycles. The van der Waals surface area contributed by atoms with Crippen LogP contribution in [0.5, 0.6) is 0 Å². The van der Waals surface area contributed by atoms with Gasteiger partial charge in [0, 0.05) is 6.08 Å². The van der Waals surface area contributed by atoms with Crippen LogP contribution in [0.3, 0.4) is 0 Å². The van der Waals surface area contributed by atoms with Crippen LogP contribution in [0.4, 0.5) is 0 Å². The van der Waals surface area contributed by atoms with Gasteiger partial charge in [-0.15, -0.1) is 6.58 Å². The molecule has 2 heteroatoms. The van der Waals surface area contributed by atoms with Crippen LogP contribution >= 0.6 is 0 Å². The maximum Gasteiger partial charge on any atom is 0.330 e. The Morgan fingerprint density at radius 3 is 1.92 bits per heavy atom. The van der Waals surface area contributed by atoms with Crippen molar-refractivity contribution in [1.82, 2.24) is 0 Å². The Kier molecular flexibility index (Phi) is 14.3. The summed E-state index contributed by atoms with van der Waals surface area (Å²) in [6, 6.07) is 0. The van der Waals surface area contributed by atoms with Crippen LogP contribution in [0.2, 0.25) is 0 Å². The fourth-order valence-electron chi connectivity index (χ4n) is 2.61. The van der Waals surface area contributed by atoms with Crippen LogP contribution in [0, 0.1) is 0 Å². The fraction of sp³-hybridized carbons (Fsp3) is 0.542. The molecule has 0 spiro atoms. The Bertz CT molecular complexity index is 541. The third-order valence-corrected chi connectivity index (χ3v) is 4.10. The zero-order valence-corrected chi connectivity index (χ0v) is 17.6. The lowest BCUT2D eigenvalue weighted by atomic mass is 10.0. The van der Waals surface area contributed by atoms with Crippen molar-refractivity contribution in [1.29, 1.82) is 0 Å². The van der Waals surface area contributed by atoms with Crippen molar-refractivity contribution in [3.05, 3.63) is 59.3 Å². The quantitative estimate of drug-likeness (QED) is 0.197. The van der Waals surface area contributed by atoms with E-state index in [1.54, 1.807) is 6.08 Å². The Morgan fingerprint density at radius 2 is 1.42 bits per heavy atom. The summed E-state index contributed by atoms with van der Waals surface area (Å²) in [5.74, 6) is -0.251. The van der Waals surface area contributed by atoms with E-state index in [1.165, 1.54) is 16.7 Å². The Morgan fingerprint density at radius 1 is 0.885 bits per heavy atom. The zero-order valence-electron chi connectivity index (χ0n) is 17.6. The van der Waals surface area contributed by atoms with Gasteiger partial charge in [0.05, 0.1) is 6.61 Å². The molecule has 2 nitrogen and oxygen atoms in total. The van der Waals surface area contributed by atoms with E-state index >= 15 is 0 Å². The van der Waals surface area contributed by atoms with Gasteiger partial charge in [-0.25, -0.2) is 4.79 Å². The second kappa shape index (κ2) is 15.4. The standard InChI is InChI=1S/C24H38O2/c1-7-12-23(19-24(25)26-8-2)18-11-17-22(6)16-10-15-21(5)14-9-13-20(3)4/h7,13,15,17,19H,1,8-12,14,16,18H2,2-6H3/b21-15+,22-17+,23-19+. The maximum atomic E-state index is 11.6. The Hall–Kier alpha value is -1.83. The summed E-state index contributed by atoms with van der Waals surface area (Å²) in [5.41, 5.74) is 5.36. The minimum atomic E-state index is -0.251. The van der Waals surface area contributed by atoms with Gasteiger partial charge in [-0.2, -0.15) is 0 Å². The molecule has 0 unspecified atom stereocenters. The van der Waals surface area contributed by atoms with Crippen LogP contribution in [-0.4, -0.2) is 12.6 Å². The second-order valence-electron chi connectivity index (χ2n) is 7.05. The first-order valence-electron chi connectivity index (χ1n) is 9.80. The lowest BCUT2D eigenvalue weighted by Crippen LogP contribution is -2.01. The molecule has 0 amide bonds. The van der Waals surface area contributed by atoms with Crippen LogP contribution in [0.25, 0.3) is 0 Å². The molecule has 0 aromatic heterocycles. The molecule has 0 N–H and O–H groups in total. The maximum absolute atomic E-state index is 11.6. The van der Waals surface area contributed by atoms with Crippen LogP contribution < -0.4 is 0 Å². The van der Waals surface area contributed by atoms with E-state index in [1.807, 2.05) is 13.0 Å². The summed E-state index contributed by atoms with van der Waals surface area (Å²) in [4.78, 5) is 11.6. The highest BCUT2D eigenvalue weighted by atomic mass is 16.5. The predicted molar refractivity (Wildman–Crippen MR) is 114 cm³/mol. The first-order chi connectivity index (χ1) is 12.4.